The van der Waals surface area contributed by atoms with E-state index in [2.05, 4.69) is 9.97 Å². The molecule has 2 aromatic heterocycles. The molecule has 1 aromatic carbocycles. The summed E-state index contributed by atoms with van der Waals surface area (Å²) >= 11 is 6.22. The lowest BCUT2D eigenvalue weighted by atomic mass is 10.2. The lowest BCUT2D eigenvalue weighted by Crippen LogP contribution is -2.17. The highest BCUT2D eigenvalue weighted by atomic mass is 35.5. The van der Waals surface area contributed by atoms with Crippen molar-refractivity contribution in [1.82, 2.24) is 14.5 Å². The van der Waals surface area contributed by atoms with Crippen LogP contribution in [0.15, 0.2) is 52.4 Å². The summed E-state index contributed by atoms with van der Waals surface area (Å²) in [7, 11) is -2.09. The number of aryl methyl sites for hydroxylation is 2. The maximum Gasteiger partial charge on any atom is 0.323 e. The first kappa shape index (κ1) is 21.0. The fourth-order valence-electron chi connectivity index (χ4n) is 2.57. The Morgan fingerprint density at radius 1 is 1.14 bits per heavy atom. The minimum absolute atomic E-state index is 0.147. The summed E-state index contributed by atoms with van der Waals surface area (Å²) in [6, 6.07) is 9.43. The number of sulfone groups is 1. The zero-order valence-corrected chi connectivity index (χ0v) is 18.0. The quantitative estimate of drug-likeness (QED) is 0.568. The molecule has 152 valence electrons. The maximum atomic E-state index is 12.7. The van der Waals surface area contributed by atoms with Crippen molar-refractivity contribution < 1.29 is 13.2 Å². The van der Waals surface area contributed by atoms with Gasteiger partial charge in [-0.15, -0.1) is 0 Å². The molecule has 29 heavy (non-hydrogen) atoms. The van der Waals surface area contributed by atoms with E-state index >= 15 is 0 Å². The van der Waals surface area contributed by atoms with E-state index in [9.17, 15) is 13.2 Å². The highest BCUT2D eigenvalue weighted by molar-refractivity contribution is 7.91. The lowest BCUT2D eigenvalue weighted by molar-refractivity contribution is 0.433. The predicted molar refractivity (Wildman–Crippen MR) is 111 cm³/mol. The summed E-state index contributed by atoms with van der Waals surface area (Å²) in [6.45, 7) is 4.95. The molecule has 0 radical (unpaired) electrons. The van der Waals surface area contributed by atoms with E-state index in [1.54, 1.807) is 45.3 Å². The van der Waals surface area contributed by atoms with Crippen LogP contribution in [0.3, 0.4) is 0 Å². The van der Waals surface area contributed by atoms with Crippen LogP contribution in [0.4, 0.5) is 0 Å². The van der Waals surface area contributed by atoms with Crippen LogP contribution in [-0.2, 0) is 16.9 Å². The third-order valence-corrected chi connectivity index (χ3v) is 6.66. The van der Waals surface area contributed by atoms with E-state index in [1.165, 1.54) is 16.7 Å². The second kappa shape index (κ2) is 7.96. The molecule has 0 amide bonds. The number of para-hydroxylation sites is 1. The summed E-state index contributed by atoms with van der Waals surface area (Å²) in [5.41, 5.74) is 1.42. The minimum atomic E-state index is -3.69. The van der Waals surface area contributed by atoms with Crippen molar-refractivity contribution in [3.8, 4) is 23.0 Å². The average molecular weight is 434 g/mol. The number of ether oxygens (including phenoxy) is 1. The Kier molecular flexibility index (Phi) is 5.77. The van der Waals surface area contributed by atoms with E-state index in [1.807, 2.05) is 13.0 Å². The second-order valence-electron chi connectivity index (χ2n) is 6.82. The Hall–Kier alpha value is -2.71. The Balaban J connectivity index is 2.20. The predicted octanol–water partition coefficient (Wildman–Crippen LogP) is 3.78. The van der Waals surface area contributed by atoms with Crippen LogP contribution < -0.4 is 10.3 Å². The van der Waals surface area contributed by atoms with E-state index in [4.69, 9.17) is 16.3 Å². The second-order valence-corrected chi connectivity index (χ2v) is 9.68. The van der Waals surface area contributed by atoms with Gasteiger partial charge in [0.15, 0.2) is 20.6 Å². The van der Waals surface area contributed by atoms with Gasteiger partial charge in [0.2, 0.25) is 5.56 Å². The molecular formula is C20H20ClN3O4S. The molecule has 3 rings (SSSR count). The van der Waals surface area contributed by atoms with E-state index in [-0.39, 0.29) is 16.6 Å². The number of nitrogens with zero attached hydrogens (tertiary/aromatic N) is 3. The SMILES string of the molecule is Cc1cccc(Cl)c1Oc1nc(-c2ccc(=O)n(C)c2)cc(S(=O)(=O)C(C)C)n1. The largest absolute Gasteiger partial charge is 0.422 e. The summed E-state index contributed by atoms with van der Waals surface area (Å²) in [6.07, 6.45) is 1.57. The van der Waals surface area contributed by atoms with Gasteiger partial charge in [0.1, 0.15) is 0 Å². The average Bonchev–Trinajstić information content (AvgIpc) is 2.66. The minimum Gasteiger partial charge on any atom is -0.422 e. The van der Waals surface area contributed by atoms with Crippen LogP contribution in [0.1, 0.15) is 19.4 Å². The molecule has 7 nitrogen and oxygen atoms in total. The molecule has 0 unspecified atom stereocenters. The fraction of sp³-hybridized carbons (Fsp3) is 0.250. The number of aromatic nitrogens is 3. The van der Waals surface area contributed by atoms with Crippen LogP contribution in [0.2, 0.25) is 5.02 Å². The van der Waals surface area contributed by atoms with Crippen molar-refractivity contribution in [2.45, 2.75) is 31.0 Å². The van der Waals surface area contributed by atoms with Crippen molar-refractivity contribution in [3.63, 3.8) is 0 Å². The highest BCUT2D eigenvalue weighted by Crippen LogP contribution is 2.32. The number of halogens is 1. The van der Waals surface area contributed by atoms with Crippen LogP contribution in [0.5, 0.6) is 11.8 Å². The molecule has 0 bridgehead atoms. The molecule has 0 fully saturated rings. The fourth-order valence-corrected chi connectivity index (χ4v) is 3.79. The van der Waals surface area contributed by atoms with Crippen LogP contribution in [0, 0.1) is 6.92 Å². The van der Waals surface area contributed by atoms with E-state index in [0.29, 0.717) is 22.0 Å². The normalized spacial score (nSPS) is 11.7. The number of hydrogen-bond acceptors (Lipinski definition) is 6. The molecule has 0 aliphatic carbocycles. The number of pyridine rings is 1. The van der Waals surface area contributed by atoms with E-state index in [0.717, 1.165) is 5.56 Å². The molecule has 9 heteroatoms. The summed E-state index contributed by atoms with van der Waals surface area (Å²) in [5.74, 6) is 0.347. The van der Waals surface area contributed by atoms with Gasteiger partial charge in [-0.25, -0.2) is 8.42 Å². The van der Waals surface area contributed by atoms with Gasteiger partial charge in [-0.1, -0.05) is 23.7 Å². The maximum absolute atomic E-state index is 12.7. The zero-order valence-electron chi connectivity index (χ0n) is 16.4. The zero-order chi connectivity index (χ0) is 21.3. The molecule has 0 atom stereocenters. The number of hydrogen-bond donors (Lipinski definition) is 0. The van der Waals surface area contributed by atoms with Crippen molar-refractivity contribution in [2.24, 2.45) is 7.05 Å². The van der Waals surface area contributed by atoms with Crippen molar-refractivity contribution in [3.05, 3.63) is 63.5 Å². The van der Waals surface area contributed by atoms with Crippen molar-refractivity contribution >= 4 is 21.4 Å². The van der Waals surface area contributed by atoms with Gasteiger partial charge < -0.3 is 9.30 Å². The third kappa shape index (κ3) is 4.33. The van der Waals surface area contributed by atoms with Gasteiger partial charge in [0.05, 0.1) is 16.0 Å². The van der Waals surface area contributed by atoms with Crippen LogP contribution >= 0.6 is 11.6 Å². The van der Waals surface area contributed by atoms with Crippen molar-refractivity contribution in [2.75, 3.05) is 0 Å². The Morgan fingerprint density at radius 2 is 1.86 bits per heavy atom. The molecule has 0 aliphatic heterocycles. The van der Waals surface area contributed by atoms with Gasteiger partial charge in [-0.2, -0.15) is 9.97 Å². The van der Waals surface area contributed by atoms with Crippen LogP contribution in [0.25, 0.3) is 11.3 Å². The van der Waals surface area contributed by atoms with Gasteiger partial charge in [0.25, 0.3) is 0 Å². The Bertz CT molecular complexity index is 1220. The van der Waals surface area contributed by atoms with Gasteiger partial charge >= 0.3 is 6.01 Å². The topological polar surface area (TPSA) is 91.1 Å². The number of benzene rings is 1. The summed E-state index contributed by atoms with van der Waals surface area (Å²) < 4.78 is 32.7. The van der Waals surface area contributed by atoms with E-state index < -0.39 is 15.1 Å². The first-order valence-electron chi connectivity index (χ1n) is 8.82. The van der Waals surface area contributed by atoms with Crippen molar-refractivity contribution in [1.29, 1.82) is 0 Å². The van der Waals surface area contributed by atoms with Gasteiger partial charge in [-0.05, 0) is 38.5 Å². The Labute approximate surface area is 173 Å². The number of rotatable bonds is 5. The van der Waals surface area contributed by atoms with Gasteiger partial charge in [0, 0.05) is 30.9 Å². The standard InChI is InChI=1S/C20H20ClN3O4S/c1-12(2)29(26,27)17-10-16(14-8-9-18(25)24(4)11-14)22-20(23-17)28-19-13(3)6-5-7-15(19)21/h5-12H,1-4H3. The molecule has 0 saturated heterocycles. The lowest BCUT2D eigenvalue weighted by Gasteiger charge is -2.13. The molecule has 0 saturated carbocycles. The highest BCUT2D eigenvalue weighted by Gasteiger charge is 2.24. The molecule has 2 heterocycles. The molecule has 3 aromatic rings. The third-order valence-electron chi connectivity index (χ3n) is 4.33. The first-order valence-corrected chi connectivity index (χ1v) is 10.7. The molecular weight excluding hydrogens is 414 g/mol. The summed E-state index contributed by atoms with van der Waals surface area (Å²) in [5, 5.41) is -0.485. The molecule has 0 spiro atoms. The van der Waals surface area contributed by atoms with Crippen LogP contribution in [-0.4, -0.2) is 28.2 Å². The molecule has 0 N–H and O–H groups in total. The smallest absolute Gasteiger partial charge is 0.323 e. The Morgan fingerprint density at radius 3 is 2.48 bits per heavy atom. The summed E-state index contributed by atoms with van der Waals surface area (Å²) in [4.78, 5) is 20.2. The monoisotopic (exact) mass is 433 g/mol. The first-order chi connectivity index (χ1) is 13.6. The molecule has 0 aliphatic rings. The van der Waals surface area contributed by atoms with Gasteiger partial charge in [-0.3, -0.25) is 4.79 Å².